The zero-order valence-electron chi connectivity index (χ0n) is 13.5. The Hall–Kier alpha value is -2.14. The van der Waals surface area contributed by atoms with Gasteiger partial charge in [-0.3, -0.25) is 14.4 Å². The highest BCUT2D eigenvalue weighted by Crippen LogP contribution is 2.15. The summed E-state index contributed by atoms with van der Waals surface area (Å²) in [5.41, 5.74) is 3.18. The summed E-state index contributed by atoms with van der Waals surface area (Å²) in [5, 5.41) is 7.24. The Labute approximate surface area is 131 Å². The van der Waals surface area contributed by atoms with Crippen molar-refractivity contribution in [3.05, 3.63) is 47.8 Å². The predicted octanol–water partition coefficient (Wildman–Crippen LogP) is 2.54. The van der Waals surface area contributed by atoms with Crippen molar-refractivity contribution in [3.8, 4) is 0 Å². The average molecular weight is 300 g/mol. The minimum absolute atomic E-state index is 0.00582. The fourth-order valence-corrected chi connectivity index (χ4v) is 2.41. The predicted molar refractivity (Wildman–Crippen MR) is 88.7 cm³/mol. The monoisotopic (exact) mass is 300 g/mol. The van der Waals surface area contributed by atoms with E-state index in [1.165, 1.54) is 0 Å². The van der Waals surface area contributed by atoms with Crippen molar-refractivity contribution in [1.29, 1.82) is 0 Å². The van der Waals surface area contributed by atoms with Crippen LogP contribution < -0.4 is 5.32 Å². The molecule has 0 saturated carbocycles. The largest absolute Gasteiger partial charge is 0.325 e. The molecule has 0 atom stereocenters. The quantitative estimate of drug-likeness (QED) is 0.855. The number of nitrogens with one attached hydrogen (secondary N) is 1. The molecule has 0 bridgehead atoms. The van der Waals surface area contributed by atoms with E-state index in [0.717, 1.165) is 29.8 Å². The smallest absolute Gasteiger partial charge is 0.238 e. The summed E-state index contributed by atoms with van der Waals surface area (Å²) in [7, 11) is 1.94. The maximum Gasteiger partial charge on any atom is 0.238 e. The molecule has 118 valence electrons. The highest BCUT2D eigenvalue weighted by Gasteiger charge is 2.10. The molecular weight excluding hydrogens is 276 g/mol. The number of hydrogen-bond donors (Lipinski definition) is 1. The molecule has 5 heteroatoms. The van der Waals surface area contributed by atoms with E-state index in [1.807, 2.05) is 53.3 Å². The van der Waals surface area contributed by atoms with Crippen LogP contribution in [0.4, 0.5) is 5.69 Å². The third kappa shape index (κ3) is 4.43. The van der Waals surface area contributed by atoms with Crippen molar-refractivity contribution >= 4 is 11.6 Å². The number of aromatic nitrogens is 2. The van der Waals surface area contributed by atoms with Gasteiger partial charge in [0.15, 0.2) is 0 Å². The first-order valence-electron chi connectivity index (χ1n) is 7.70. The number of hydrogen-bond acceptors (Lipinski definition) is 3. The fraction of sp³-hybridized carbons (Fsp3) is 0.412. The first-order valence-corrected chi connectivity index (χ1v) is 7.70. The van der Waals surface area contributed by atoms with Gasteiger partial charge in [-0.25, -0.2) is 0 Å². The average Bonchev–Trinajstić information content (AvgIpc) is 2.95. The van der Waals surface area contributed by atoms with Crippen LogP contribution in [0.15, 0.2) is 36.7 Å². The van der Waals surface area contributed by atoms with Crippen molar-refractivity contribution in [2.24, 2.45) is 0 Å². The second-order valence-electron chi connectivity index (χ2n) is 5.44. The Morgan fingerprint density at radius 2 is 2.09 bits per heavy atom. The first kappa shape index (κ1) is 16.2. The maximum atomic E-state index is 12.2. The van der Waals surface area contributed by atoms with Crippen LogP contribution in [0, 0.1) is 0 Å². The Kier molecular flexibility index (Phi) is 5.72. The van der Waals surface area contributed by atoms with E-state index in [0.29, 0.717) is 13.1 Å². The van der Waals surface area contributed by atoms with Crippen LogP contribution in [0.5, 0.6) is 0 Å². The number of anilines is 1. The number of aryl methyl sites for hydroxylation is 2. The lowest BCUT2D eigenvalue weighted by molar-refractivity contribution is -0.117. The molecule has 0 unspecified atom stereocenters. The van der Waals surface area contributed by atoms with Gasteiger partial charge in [-0.05, 0) is 32.0 Å². The van der Waals surface area contributed by atoms with Crippen LogP contribution in [0.25, 0.3) is 0 Å². The molecule has 0 radical (unpaired) electrons. The third-order valence-corrected chi connectivity index (χ3v) is 3.55. The number of nitrogens with zero attached hydrogens (tertiary/aromatic N) is 3. The maximum absolute atomic E-state index is 12.2. The van der Waals surface area contributed by atoms with Crippen LogP contribution >= 0.6 is 0 Å². The van der Waals surface area contributed by atoms with Gasteiger partial charge in [-0.1, -0.05) is 25.1 Å². The second kappa shape index (κ2) is 7.75. The van der Waals surface area contributed by atoms with Gasteiger partial charge < -0.3 is 5.32 Å². The summed E-state index contributed by atoms with van der Waals surface area (Å²) >= 11 is 0. The van der Waals surface area contributed by atoms with E-state index in [1.54, 1.807) is 0 Å². The number of likely N-dealkylation sites (N-methyl/N-ethyl adjacent to an activating group) is 1. The molecule has 0 aliphatic heterocycles. The van der Waals surface area contributed by atoms with Gasteiger partial charge in [-0.2, -0.15) is 5.10 Å². The summed E-state index contributed by atoms with van der Waals surface area (Å²) < 4.78 is 1.89. The highest BCUT2D eigenvalue weighted by molar-refractivity contribution is 5.92. The first-order chi connectivity index (χ1) is 10.6. The summed E-state index contributed by atoms with van der Waals surface area (Å²) in [6.07, 6.45) is 4.77. The molecule has 1 N–H and O–H groups in total. The Balaban J connectivity index is 1.88. The topological polar surface area (TPSA) is 50.2 Å². The molecule has 22 heavy (non-hydrogen) atoms. The van der Waals surface area contributed by atoms with Gasteiger partial charge in [-0.15, -0.1) is 0 Å². The Morgan fingerprint density at radius 1 is 1.32 bits per heavy atom. The van der Waals surface area contributed by atoms with Crippen LogP contribution in [0.2, 0.25) is 0 Å². The Bertz CT molecular complexity index is 621. The van der Waals surface area contributed by atoms with E-state index in [2.05, 4.69) is 24.3 Å². The van der Waals surface area contributed by atoms with Gasteiger partial charge in [0, 0.05) is 30.5 Å². The Morgan fingerprint density at radius 3 is 2.77 bits per heavy atom. The zero-order valence-corrected chi connectivity index (χ0v) is 13.5. The van der Waals surface area contributed by atoms with E-state index in [-0.39, 0.29) is 5.91 Å². The molecule has 2 aromatic rings. The lowest BCUT2D eigenvalue weighted by atomic mass is 10.1. The normalized spacial score (nSPS) is 10.9. The third-order valence-electron chi connectivity index (χ3n) is 3.55. The molecule has 0 fully saturated rings. The SMILES string of the molecule is CCc1ccccc1NC(=O)CN(C)Cc1cnn(CC)c1. The minimum Gasteiger partial charge on any atom is -0.325 e. The number of benzene rings is 1. The molecule has 5 nitrogen and oxygen atoms in total. The van der Waals surface area contributed by atoms with Crippen LogP contribution in [-0.4, -0.2) is 34.2 Å². The van der Waals surface area contributed by atoms with Crippen LogP contribution in [0.1, 0.15) is 25.0 Å². The molecule has 1 aromatic heterocycles. The molecule has 1 amide bonds. The zero-order chi connectivity index (χ0) is 15.9. The minimum atomic E-state index is 0.00582. The summed E-state index contributed by atoms with van der Waals surface area (Å²) in [5.74, 6) is 0.00582. The van der Waals surface area contributed by atoms with Gasteiger partial charge in [0.05, 0.1) is 12.7 Å². The molecular formula is C17H24N4O. The number of para-hydroxylation sites is 1. The van der Waals surface area contributed by atoms with E-state index < -0.39 is 0 Å². The van der Waals surface area contributed by atoms with Crippen molar-refractivity contribution in [2.45, 2.75) is 33.4 Å². The highest BCUT2D eigenvalue weighted by atomic mass is 16.2. The van der Waals surface area contributed by atoms with Gasteiger partial charge in [0.25, 0.3) is 0 Å². The molecule has 0 aliphatic rings. The molecule has 1 aromatic carbocycles. The lowest BCUT2D eigenvalue weighted by Gasteiger charge is -2.16. The molecule has 0 aliphatic carbocycles. The standard InChI is InChI=1S/C17H24N4O/c1-4-15-8-6-7-9-16(15)19-17(22)13-20(3)11-14-10-18-21(5-2)12-14/h6-10,12H,4-5,11,13H2,1-3H3,(H,19,22). The van der Waals surface area contributed by atoms with Gasteiger partial charge in [0.1, 0.15) is 0 Å². The molecule has 2 rings (SSSR count). The number of carbonyl (C=O) groups excluding carboxylic acids is 1. The van der Waals surface area contributed by atoms with E-state index >= 15 is 0 Å². The second-order valence-corrected chi connectivity index (χ2v) is 5.44. The molecule has 1 heterocycles. The number of amides is 1. The van der Waals surface area contributed by atoms with Crippen molar-refractivity contribution < 1.29 is 4.79 Å². The van der Waals surface area contributed by atoms with Gasteiger partial charge >= 0.3 is 0 Å². The lowest BCUT2D eigenvalue weighted by Crippen LogP contribution is -2.30. The van der Waals surface area contributed by atoms with Crippen molar-refractivity contribution in [1.82, 2.24) is 14.7 Å². The summed E-state index contributed by atoms with van der Waals surface area (Å²) in [6, 6.07) is 7.92. The molecule has 0 spiro atoms. The fourth-order valence-electron chi connectivity index (χ4n) is 2.41. The van der Waals surface area contributed by atoms with E-state index in [9.17, 15) is 4.79 Å². The number of carbonyl (C=O) groups is 1. The molecule has 0 saturated heterocycles. The summed E-state index contributed by atoms with van der Waals surface area (Å²) in [6.45, 7) is 6.07. The van der Waals surface area contributed by atoms with Crippen LogP contribution in [0.3, 0.4) is 0 Å². The number of rotatable bonds is 7. The van der Waals surface area contributed by atoms with Crippen LogP contribution in [-0.2, 0) is 24.3 Å². The van der Waals surface area contributed by atoms with E-state index in [4.69, 9.17) is 0 Å². The van der Waals surface area contributed by atoms with Crippen molar-refractivity contribution in [2.75, 3.05) is 18.9 Å². The van der Waals surface area contributed by atoms with Gasteiger partial charge in [0.2, 0.25) is 5.91 Å². The summed E-state index contributed by atoms with van der Waals surface area (Å²) in [4.78, 5) is 14.2. The van der Waals surface area contributed by atoms with Crippen molar-refractivity contribution in [3.63, 3.8) is 0 Å².